The lowest BCUT2D eigenvalue weighted by Gasteiger charge is -2.29. The Kier molecular flexibility index (Phi) is 5.40. The highest BCUT2D eigenvalue weighted by molar-refractivity contribution is 5.99. The highest BCUT2D eigenvalue weighted by atomic mass is 19.1. The van der Waals surface area contributed by atoms with Crippen molar-refractivity contribution in [1.82, 2.24) is 9.80 Å². The van der Waals surface area contributed by atoms with Gasteiger partial charge in [-0.1, -0.05) is 12.1 Å². The first kappa shape index (κ1) is 20.7. The molecule has 0 bridgehead atoms. The molecule has 1 atom stereocenters. The Morgan fingerprint density at radius 1 is 1.03 bits per heavy atom. The first-order chi connectivity index (χ1) is 15.5. The molecule has 3 heterocycles. The van der Waals surface area contributed by atoms with Crippen molar-refractivity contribution in [3.05, 3.63) is 75.4 Å². The maximum atomic E-state index is 13.8. The van der Waals surface area contributed by atoms with E-state index in [-0.39, 0.29) is 33.9 Å². The number of hydrogen-bond donors (Lipinski definition) is 1. The van der Waals surface area contributed by atoms with Crippen LogP contribution in [-0.4, -0.2) is 60.2 Å². The van der Waals surface area contributed by atoms with Crippen LogP contribution >= 0.6 is 0 Å². The van der Waals surface area contributed by atoms with E-state index in [0.29, 0.717) is 25.3 Å². The van der Waals surface area contributed by atoms with E-state index in [9.17, 15) is 19.1 Å². The zero-order valence-electron chi connectivity index (χ0n) is 17.4. The number of carbonyl (C=O) groups is 1. The molecule has 8 heteroatoms. The van der Waals surface area contributed by atoms with Gasteiger partial charge in [0.05, 0.1) is 30.2 Å². The number of halogens is 1. The Balaban J connectivity index is 1.53. The number of carbonyl (C=O) groups excluding carboxylic acids is 1. The molecule has 0 spiro atoms. The minimum atomic E-state index is -0.660. The van der Waals surface area contributed by atoms with Crippen molar-refractivity contribution in [2.45, 2.75) is 12.5 Å². The van der Waals surface area contributed by atoms with Gasteiger partial charge in [-0.05, 0) is 42.3 Å². The topological polar surface area (TPSA) is 83.2 Å². The van der Waals surface area contributed by atoms with Crippen molar-refractivity contribution in [2.24, 2.45) is 0 Å². The number of nitrogens with zero attached hydrogens (tertiary/aromatic N) is 2. The third-order valence-corrected chi connectivity index (χ3v) is 6.11. The van der Waals surface area contributed by atoms with E-state index < -0.39 is 17.3 Å². The van der Waals surface area contributed by atoms with Crippen molar-refractivity contribution in [3.63, 3.8) is 0 Å². The summed E-state index contributed by atoms with van der Waals surface area (Å²) in [7, 11) is 0. The molecule has 0 saturated carbocycles. The second-order valence-corrected chi connectivity index (χ2v) is 8.11. The van der Waals surface area contributed by atoms with Gasteiger partial charge in [0.2, 0.25) is 5.76 Å². The Hall–Kier alpha value is -3.23. The van der Waals surface area contributed by atoms with E-state index in [1.165, 1.54) is 24.3 Å². The van der Waals surface area contributed by atoms with Crippen molar-refractivity contribution < 1.29 is 23.4 Å². The lowest BCUT2D eigenvalue weighted by molar-refractivity contribution is 0.0353. The second-order valence-electron chi connectivity index (χ2n) is 8.11. The molecule has 2 aromatic carbocycles. The molecule has 166 valence electrons. The summed E-state index contributed by atoms with van der Waals surface area (Å²) in [6, 6.07) is 9.47. The predicted molar refractivity (Wildman–Crippen MR) is 115 cm³/mol. The highest BCUT2D eigenvalue weighted by Gasteiger charge is 2.42. The van der Waals surface area contributed by atoms with Crippen molar-refractivity contribution in [3.8, 4) is 5.75 Å². The minimum absolute atomic E-state index is 0.00134. The maximum Gasteiger partial charge on any atom is 0.290 e. The second kappa shape index (κ2) is 8.37. The quantitative estimate of drug-likeness (QED) is 0.660. The summed E-state index contributed by atoms with van der Waals surface area (Å²) in [4.78, 5) is 30.6. The summed E-state index contributed by atoms with van der Waals surface area (Å²) in [6.45, 7) is 4.34. The fourth-order valence-electron chi connectivity index (χ4n) is 4.52. The van der Waals surface area contributed by atoms with Gasteiger partial charge in [0.1, 0.15) is 17.1 Å². The number of morpholine rings is 1. The number of phenols is 1. The maximum absolute atomic E-state index is 13.8. The van der Waals surface area contributed by atoms with Crippen LogP contribution in [0.15, 0.2) is 51.7 Å². The Morgan fingerprint density at radius 3 is 2.53 bits per heavy atom. The average molecular weight is 438 g/mol. The van der Waals surface area contributed by atoms with Crippen LogP contribution in [0.3, 0.4) is 0 Å². The van der Waals surface area contributed by atoms with Crippen LogP contribution in [0.25, 0.3) is 11.0 Å². The molecule has 1 fully saturated rings. The van der Waals surface area contributed by atoms with Crippen molar-refractivity contribution >= 4 is 16.9 Å². The third kappa shape index (κ3) is 3.65. The van der Waals surface area contributed by atoms with Crippen LogP contribution in [-0.2, 0) is 4.74 Å². The summed E-state index contributed by atoms with van der Waals surface area (Å²) in [5, 5.41) is 9.81. The van der Waals surface area contributed by atoms with E-state index >= 15 is 0 Å². The Labute approximate surface area is 183 Å². The SMILES string of the molecule is O=C1c2oc3ccc(F)cc3c(=O)c2[C@@H](c2ccc(O)cc2)N1CCCN1CCOCC1. The van der Waals surface area contributed by atoms with Crippen molar-refractivity contribution in [2.75, 3.05) is 39.4 Å². The number of hydrogen-bond acceptors (Lipinski definition) is 6. The zero-order chi connectivity index (χ0) is 22.2. The van der Waals surface area contributed by atoms with Gasteiger partial charge in [-0.15, -0.1) is 0 Å². The molecule has 3 aromatic rings. The van der Waals surface area contributed by atoms with Gasteiger partial charge in [-0.2, -0.15) is 0 Å². The first-order valence-corrected chi connectivity index (χ1v) is 10.7. The summed E-state index contributed by atoms with van der Waals surface area (Å²) in [6.07, 6.45) is 0.719. The van der Waals surface area contributed by atoms with Gasteiger partial charge in [0.25, 0.3) is 5.91 Å². The number of phenolic OH excluding ortho intramolecular Hbond substituents is 1. The summed E-state index contributed by atoms with van der Waals surface area (Å²) in [5.74, 6) is -0.815. The number of rotatable bonds is 5. The van der Waals surface area contributed by atoms with Gasteiger partial charge in [0.15, 0.2) is 5.43 Å². The third-order valence-electron chi connectivity index (χ3n) is 6.11. The van der Waals surface area contributed by atoms with Gasteiger partial charge in [-0.3, -0.25) is 14.5 Å². The van der Waals surface area contributed by atoms with E-state index in [0.717, 1.165) is 32.1 Å². The van der Waals surface area contributed by atoms with Crippen LogP contribution in [0.5, 0.6) is 5.75 Å². The predicted octanol–water partition coefficient (Wildman–Crippen LogP) is 2.91. The molecule has 1 aromatic heterocycles. The normalized spacial score (nSPS) is 19.0. The van der Waals surface area contributed by atoms with E-state index in [4.69, 9.17) is 9.15 Å². The number of benzene rings is 2. The monoisotopic (exact) mass is 438 g/mol. The van der Waals surface area contributed by atoms with E-state index in [1.807, 2.05) is 0 Å². The molecule has 7 nitrogen and oxygen atoms in total. The molecule has 1 N–H and O–H groups in total. The van der Waals surface area contributed by atoms with Gasteiger partial charge >= 0.3 is 0 Å². The van der Waals surface area contributed by atoms with Gasteiger partial charge in [-0.25, -0.2) is 4.39 Å². The van der Waals surface area contributed by atoms with E-state index in [1.54, 1.807) is 17.0 Å². The number of ether oxygens (including phenoxy) is 1. The average Bonchev–Trinajstić information content (AvgIpc) is 3.08. The highest BCUT2D eigenvalue weighted by Crippen LogP contribution is 2.38. The summed E-state index contributed by atoms with van der Waals surface area (Å²) in [5.41, 5.74) is 0.667. The smallest absolute Gasteiger partial charge is 0.290 e. The molecule has 2 aliphatic rings. The molecule has 0 radical (unpaired) electrons. The number of fused-ring (bicyclic) bond motifs is 2. The lowest BCUT2D eigenvalue weighted by atomic mass is 9.98. The molecular formula is C24H23FN2O5. The largest absolute Gasteiger partial charge is 0.508 e. The van der Waals surface area contributed by atoms with Gasteiger partial charge < -0.3 is 19.2 Å². The minimum Gasteiger partial charge on any atom is -0.508 e. The number of amides is 1. The molecular weight excluding hydrogens is 415 g/mol. The summed E-state index contributed by atoms with van der Waals surface area (Å²) >= 11 is 0. The van der Waals surface area contributed by atoms with Crippen molar-refractivity contribution in [1.29, 1.82) is 0 Å². The Morgan fingerprint density at radius 2 is 1.78 bits per heavy atom. The van der Waals surface area contributed by atoms with Gasteiger partial charge in [0, 0.05) is 26.2 Å². The fourth-order valence-corrected chi connectivity index (χ4v) is 4.52. The molecule has 0 aliphatic carbocycles. The summed E-state index contributed by atoms with van der Waals surface area (Å²) < 4.78 is 25.0. The van der Waals surface area contributed by atoms with Crippen LogP contribution in [0.1, 0.15) is 34.1 Å². The molecule has 2 aliphatic heterocycles. The van der Waals surface area contributed by atoms with Crippen LogP contribution in [0.2, 0.25) is 0 Å². The van der Waals surface area contributed by atoms with E-state index in [2.05, 4.69) is 4.90 Å². The zero-order valence-corrected chi connectivity index (χ0v) is 17.4. The molecule has 1 saturated heterocycles. The fraction of sp³-hybridized carbons (Fsp3) is 0.333. The molecule has 0 unspecified atom stereocenters. The lowest BCUT2D eigenvalue weighted by Crippen LogP contribution is -2.38. The van der Waals surface area contributed by atoms with Crippen LogP contribution < -0.4 is 5.43 Å². The standard InChI is InChI=1S/C24H23FN2O5/c25-16-4-7-19-18(14-16)22(29)20-21(15-2-5-17(28)6-3-15)27(24(30)23(20)32-19)9-1-8-26-10-12-31-13-11-26/h2-7,14,21,28H,1,8-13H2/t21-/m1/s1. The Bertz CT molecular complexity index is 1220. The van der Waals surface area contributed by atoms with Crippen LogP contribution in [0.4, 0.5) is 4.39 Å². The molecule has 32 heavy (non-hydrogen) atoms. The molecule has 5 rings (SSSR count). The molecule has 1 amide bonds. The number of aromatic hydroxyl groups is 1. The first-order valence-electron chi connectivity index (χ1n) is 10.7. The van der Waals surface area contributed by atoms with Crippen LogP contribution in [0, 0.1) is 5.82 Å².